The van der Waals surface area contributed by atoms with Gasteiger partial charge in [0.15, 0.2) is 0 Å². The van der Waals surface area contributed by atoms with Gasteiger partial charge in [0.2, 0.25) is 0 Å². The minimum absolute atomic E-state index is 0.267. The first-order chi connectivity index (χ1) is 23.0. The van der Waals surface area contributed by atoms with Gasteiger partial charge >= 0.3 is 0 Å². The summed E-state index contributed by atoms with van der Waals surface area (Å²) >= 11 is 0. The van der Waals surface area contributed by atoms with Crippen LogP contribution in [0.25, 0.3) is 0 Å². The maximum absolute atomic E-state index is 6.33. The molecule has 3 aliphatic heterocycles. The third-order valence-corrected chi connectivity index (χ3v) is 13.1. The maximum Gasteiger partial charge on any atom is 0.0356 e. The van der Waals surface area contributed by atoms with Gasteiger partial charge in [-0.3, -0.25) is 9.80 Å². The Labute approximate surface area is 294 Å². The Morgan fingerprint density at radius 2 is 1.33 bits per heavy atom. The molecule has 48 heavy (non-hydrogen) atoms. The van der Waals surface area contributed by atoms with E-state index in [4.69, 9.17) is 17.2 Å². The molecule has 2 aromatic carbocycles. The van der Waals surface area contributed by atoms with E-state index in [9.17, 15) is 0 Å². The zero-order valence-corrected chi connectivity index (χ0v) is 31.4. The summed E-state index contributed by atoms with van der Waals surface area (Å²) < 4.78 is 0. The van der Waals surface area contributed by atoms with Crippen molar-refractivity contribution < 1.29 is 0 Å². The minimum Gasteiger partial charge on any atom is -0.330 e. The topological polar surface area (TPSA) is 87.8 Å². The molecule has 6 heteroatoms. The average molecular weight is 659 g/mol. The molecule has 3 fully saturated rings. The molecular weight excluding hydrogens is 589 g/mol. The van der Waals surface area contributed by atoms with Gasteiger partial charge in [-0.1, -0.05) is 55.5 Å². The predicted molar refractivity (Wildman–Crippen MR) is 204 cm³/mol. The van der Waals surface area contributed by atoms with E-state index in [2.05, 4.69) is 105 Å². The molecule has 5 rings (SSSR count). The molecule has 3 aliphatic rings. The van der Waals surface area contributed by atoms with Gasteiger partial charge in [-0.2, -0.15) is 0 Å². The van der Waals surface area contributed by atoms with Crippen molar-refractivity contribution in [3.63, 3.8) is 0 Å². The van der Waals surface area contributed by atoms with Crippen LogP contribution in [0.2, 0.25) is 0 Å². The molecule has 0 amide bonds. The molecule has 7 atom stereocenters. The fraction of sp³-hybridized carbons (Fsp3) is 0.714. The Kier molecular flexibility index (Phi) is 13.2. The highest BCUT2D eigenvalue weighted by Crippen LogP contribution is 2.38. The van der Waals surface area contributed by atoms with Crippen LogP contribution in [0.15, 0.2) is 48.5 Å². The summed E-state index contributed by atoms with van der Waals surface area (Å²) in [6.07, 6.45) is 10.5. The summed E-state index contributed by atoms with van der Waals surface area (Å²) in [5.41, 5.74) is 25.1. The fourth-order valence-electron chi connectivity index (χ4n) is 9.31. The summed E-state index contributed by atoms with van der Waals surface area (Å²) in [5, 5.41) is 0. The summed E-state index contributed by atoms with van der Waals surface area (Å²) in [4.78, 5) is 8.23. The Morgan fingerprint density at radius 3 is 1.96 bits per heavy atom. The van der Waals surface area contributed by atoms with Crippen molar-refractivity contribution >= 4 is 0 Å². The first kappa shape index (κ1) is 37.5. The summed E-state index contributed by atoms with van der Waals surface area (Å²) in [5.74, 6) is 1.24. The Balaban J connectivity index is 1.24. The first-order valence-corrected chi connectivity index (χ1v) is 19.6. The van der Waals surface area contributed by atoms with Crippen LogP contribution in [0.5, 0.6) is 0 Å². The van der Waals surface area contributed by atoms with Crippen LogP contribution in [0.3, 0.4) is 0 Å². The van der Waals surface area contributed by atoms with E-state index < -0.39 is 0 Å². The number of rotatable bonds is 13. The van der Waals surface area contributed by atoms with Crippen molar-refractivity contribution in [3.05, 3.63) is 70.8 Å². The number of nitrogens with two attached hydrogens (primary N) is 3. The molecule has 3 saturated heterocycles. The van der Waals surface area contributed by atoms with Crippen LogP contribution in [0, 0.1) is 17.3 Å². The zero-order chi connectivity index (χ0) is 34.4. The van der Waals surface area contributed by atoms with Crippen LogP contribution >= 0.6 is 0 Å². The van der Waals surface area contributed by atoms with Crippen LogP contribution < -0.4 is 17.2 Å². The summed E-state index contributed by atoms with van der Waals surface area (Å²) in [7, 11) is 0. The third-order valence-electron chi connectivity index (χ3n) is 13.1. The molecule has 0 bridgehead atoms. The van der Waals surface area contributed by atoms with E-state index in [0.717, 1.165) is 58.5 Å². The molecule has 2 unspecified atom stereocenters. The second-order valence-electron chi connectivity index (χ2n) is 16.8. The van der Waals surface area contributed by atoms with E-state index in [1.54, 1.807) is 0 Å². The SMILES string of the molecule is CC(Cc1ccc(C[C@@H]2C[C@@H](CN)CCN2C(C)Cc2ccccc2[C@@H]2C[C@@H](CN)CCN2C(C)C)cc1)N1CCC(C)([C@H](C)N)CC1. The lowest BCUT2D eigenvalue weighted by Gasteiger charge is -2.44. The molecule has 2 aromatic rings. The lowest BCUT2D eigenvalue weighted by molar-refractivity contribution is 0.0731. The molecule has 268 valence electrons. The normalized spacial score (nSPS) is 28.0. The lowest BCUT2D eigenvalue weighted by atomic mass is 9.75. The number of benzene rings is 2. The van der Waals surface area contributed by atoms with E-state index in [0.29, 0.717) is 42.0 Å². The molecule has 0 saturated carbocycles. The van der Waals surface area contributed by atoms with E-state index in [1.807, 2.05) is 0 Å². The number of hydrogen-bond donors (Lipinski definition) is 3. The van der Waals surface area contributed by atoms with Crippen LogP contribution in [0.1, 0.15) is 108 Å². The monoisotopic (exact) mass is 659 g/mol. The van der Waals surface area contributed by atoms with E-state index in [-0.39, 0.29) is 11.5 Å². The number of piperidine rings is 3. The maximum atomic E-state index is 6.33. The molecular formula is C42H70N6. The second kappa shape index (κ2) is 16.9. The Bertz CT molecular complexity index is 1250. The Morgan fingerprint density at radius 1 is 0.729 bits per heavy atom. The second-order valence-corrected chi connectivity index (χ2v) is 16.8. The number of likely N-dealkylation sites (tertiary alicyclic amines) is 3. The van der Waals surface area contributed by atoms with Crippen molar-refractivity contribution in [1.29, 1.82) is 0 Å². The highest BCUT2D eigenvalue weighted by molar-refractivity contribution is 5.32. The largest absolute Gasteiger partial charge is 0.330 e. The quantitative estimate of drug-likeness (QED) is 0.231. The molecule has 3 heterocycles. The molecule has 0 aliphatic carbocycles. The van der Waals surface area contributed by atoms with Crippen molar-refractivity contribution in [1.82, 2.24) is 14.7 Å². The van der Waals surface area contributed by atoms with Crippen molar-refractivity contribution in [2.24, 2.45) is 34.5 Å². The van der Waals surface area contributed by atoms with Gasteiger partial charge in [0.1, 0.15) is 0 Å². The van der Waals surface area contributed by atoms with Gasteiger partial charge in [0.05, 0.1) is 0 Å². The van der Waals surface area contributed by atoms with Crippen molar-refractivity contribution in [2.75, 3.05) is 39.3 Å². The minimum atomic E-state index is 0.267. The van der Waals surface area contributed by atoms with Crippen LogP contribution in [-0.2, 0) is 19.3 Å². The van der Waals surface area contributed by atoms with Gasteiger partial charge in [-0.05, 0) is 171 Å². The average Bonchev–Trinajstić information content (AvgIpc) is 3.09. The van der Waals surface area contributed by atoms with Gasteiger partial charge < -0.3 is 22.1 Å². The van der Waals surface area contributed by atoms with Crippen LogP contribution in [-0.4, -0.2) is 84.2 Å². The van der Waals surface area contributed by atoms with Gasteiger partial charge in [-0.15, -0.1) is 0 Å². The van der Waals surface area contributed by atoms with E-state index in [1.165, 1.54) is 60.8 Å². The van der Waals surface area contributed by atoms with Gasteiger partial charge in [0, 0.05) is 36.3 Å². The number of nitrogens with zero attached hydrogens (tertiary/aromatic N) is 3. The Hall–Kier alpha value is -1.80. The summed E-state index contributed by atoms with van der Waals surface area (Å²) in [6.45, 7) is 20.3. The molecule has 0 radical (unpaired) electrons. The summed E-state index contributed by atoms with van der Waals surface area (Å²) in [6, 6.07) is 21.7. The zero-order valence-electron chi connectivity index (χ0n) is 31.4. The van der Waals surface area contributed by atoms with Gasteiger partial charge in [-0.25, -0.2) is 0 Å². The van der Waals surface area contributed by atoms with Crippen molar-refractivity contribution in [2.45, 2.75) is 136 Å². The fourth-order valence-corrected chi connectivity index (χ4v) is 9.31. The third kappa shape index (κ3) is 9.10. The molecule has 0 spiro atoms. The standard InChI is InChI=1S/C42H70N6/c1-30(2)47-19-15-37(29-44)27-41(47)40-10-8-7-9-38(40)24-32(4)48-20-16-36(28-43)26-39(48)25-35-13-11-34(12-14-35)23-31(3)46-21-17-42(6,18-22-46)33(5)45/h7-14,30-33,36-37,39,41H,15-29,43-45H2,1-6H3/t31?,32?,33-,36-,37-,39+,41-/m0/s1. The molecule has 0 aromatic heterocycles. The highest BCUT2D eigenvalue weighted by Gasteiger charge is 2.36. The van der Waals surface area contributed by atoms with Gasteiger partial charge in [0.25, 0.3) is 0 Å². The van der Waals surface area contributed by atoms with E-state index >= 15 is 0 Å². The highest BCUT2D eigenvalue weighted by atomic mass is 15.2. The molecule has 6 N–H and O–H groups in total. The smallest absolute Gasteiger partial charge is 0.0356 e. The first-order valence-electron chi connectivity index (χ1n) is 19.6. The lowest BCUT2D eigenvalue weighted by Crippen LogP contribution is -2.50. The molecule has 6 nitrogen and oxygen atoms in total. The predicted octanol–water partition coefficient (Wildman–Crippen LogP) is 6.40. The number of hydrogen-bond acceptors (Lipinski definition) is 6. The van der Waals surface area contributed by atoms with Crippen molar-refractivity contribution in [3.8, 4) is 0 Å². The van der Waals surface area contributed by atoms with Crippen LogP contribution in [0.4, 0.5) is 0 Å².